The molecule has 4 bridgehead atoms. The molecule has 5 aliphatic rings. The van der Waals surface area contributed by atoms with Crippen LogP contribution in [0.15, 0.2) is 146 Å². The van der Waals surface area contributed by atoms with E-state index in [9.17, 15) is 0 Å². The van der Waals surface area contributed by atoms with Gasteiger partial charge in [-0.2, -0.15) is 0 Å². The van der Waals surface area contributed by atoms with Crippen LogP contribution in [0, 0.1) is 37.5 Å². The second-order valence-corrected chi connectivity index (χ2v) is 18.7. The largest absolute Gasteiger partial charge is 0.309 e. The van der Waals surface area contributed by atoms with Gasteiger partial charge in [-0.25, -0.2) is 9.97 Å². The molecule has 5 aliphatic carbocycles. The molecule has 4 nitrogen and oxygen atoms in total. The van der Waals surface area contributed by atoms with Crippen LogP contribution in [0.5, 0.6) is 0 Å². The molecule has 4 heteroatoms. The van der Waals surface area contributed by atoms with Crippen LogP contribution in [-0.4, -0.2) is 19.1 Å². The maximum atomic E-state index is 4.91. The molecular formula is C56H44N4. The Labute approximate surface area is 349 Å². The Morgan fingerprint density at radius 1 is 0.433 bits per heavy atom. The molecule has 0 unspecified atom stereocenters. The molecule has 3 aromatic heterocycles. The van der Waals surface area contributed by atoms with Crippen molar-refractivity contribution in [2.45, 2.75) is 51.4 Å². The molecule has 288 valence electrons. The van der Waals surface area contributed by atoms with E-state index in [0.29, 0.717) is 0 Å². The highest BCUT2D eigenvalue weighted by Gasteiger charge is 2.61. The lowest BCUT2D eigenvalue weighted by Crippen LogP contribution is -2.55. The SMILES string of the molecule is Cc1nc2ccc(-n3c4ccccc4c4cc(-c5ccc6c(c5)c5ccccc5n6-c5ccc6c(c5)C5(c7ccccc7-6)C6CC7CC(C6)CC5C7)ccc43)cc2nc1C. The van der Waals surface area contributed by atoms with Gasteiger partial charge in [0.2, 0.25) is 0 Å². The molecular weight excluding hydrogens is 729 g/mol. The lowest BCUT2D eigenvalue weighted by Gasteiger charge is -2.61. The van der Waals surface area contributed by atoms with Crippen LogP contribution in [-0.2, 0) is 5.41 Å². The molecule has 7 aromatic carbocycles. The van der Waals surface area contributed by atoms with E-state index in [4.69, 9.17) is 9.97 Å². The lowest BCUT2D eigenvalue weighted by molar-refractivity contribution is -0.0399. The normalized spacial score (nSPS) is 22.6. The Balaban J connectivity index is 0.920. The summed E-state index contributed by atoms with van der Waals surface area (Å²) in [5, 5.41) is 5.08. The zero-order chi connectivity index (χ0) is 39.4. The van der Waals surface area contributed by atoms with E-state index in [-0.39, 0.29) is 5.41 Å². The fourth-order valence-corrected chi connectivity index (χ4v) is 13.5. The highest BCUT2D eigenvalue weighted by Crippen LogP contribution is 2.69. The molecule has 0 saturated heterocycles. The summed E-state index contributed by atoms with van der Waals surface area (Å²) in [6.45, 7) is 4.06. The number of hydrogen-bond donors (Lipinski definition) is 0. The van der Waals surface area contributed by atoms with Crippen LogP contribution in [0.25, 0.3) is 88.3 Å². The van der Waals surface area contributed by atoms with Crippen LogP contribution >= 0.6 is 0 Å². The first-order valence-corrected chi connectivity index (χ1v) is 22.1. The van der Waals surface area contributed by atoms with Crippen molar-refractivity contribution in [3.63, 3.8) is 0 Å². The molecule has 0 aliphatic heterocycles. The second kappa shape index (κ2) is 11.8. The van der Waals surface area contributed by atoms with E-state index >= 15 is 0 Å². The van der Waals surface area contributed by atoms with Gasteiger partial charge in [-0.1, -0.05) is 78.9 Å². The molecule has 60 heavy (non-hydrogen) atoms. The lowest BCUT2D eigenvalue weighted by atomic mass is 9.43. The van der Waals surface area contributed by atoms with Gasteiger partial charge in [-0.3, -0.25) is 0 Å². The first-order chi connectivity index (χ1) is 29.5. The quantitative estimate of drug-likeness (QED) is 0.179. The molecule has 0 amide bonds. The maximum absolute atomic E-state index is 4.91. The Kier molecular flexibility index (Phi) is 6.56. The minimum absolute atomic E-state index is 0.142. The van der Waals surface area contributed by atoms with E-state index in [1.807, 2.05) is 13.8 Å². The summed E-state index contributed by atoms with van der Waals surface area (Å²) in [6.07, 6.45) is 7.06. The van der Waals surface area contributed by atoms with Crippen molar-refractivity contribution in [2.75, 3.05) is 0 Å². The van der Waals surface area contributed by atoms with Crippen molar-refractivity contribution in [1.82, 2.24) is 19.1 Å². The third-order valence-electron chi connectivity index (χ3n) is 15.8. The fourth-order valence-electron chi connectivity index (χ4n) is 13.5. The maximum Gasteiger partial charge on any atom is 0.0911 e. The number of rotatable bonds is 3. The van der Waals surface area contributed by atoms with Gasteiger partial charge in [0.15, 0.2) is 0 Å². The van der Waals surface area contributed by atoms with Gasteiger partial charge in [0.25, 0.3) is 0 Å². The molecule has 0 radical (unpaired) electrons. The zero-order valence-electron chi connectivity index (χ0n) is 34.0. The van der Waals surface area contributed by atoms with Crippen molar-refractivity contribution in [3.05, 3.63) is 168 Å². The number of aryl methyl sites for hydroxylation is 2. The van der Waals surface area contributed by atoms with Gasteiger partial charge in [-0.05, 0) is 170 Å². The van der Waals surface area contributed by atoms with Crippen molar-refractivity contribution in [1.29, 1.82) is 0 Å². The van der Waals surface area contributed by atoms with Crippen molar-refractivity contribution in [2.24, 2.45) is 23.7 Å². The van der Waals surface area contributed by atoms with Crippen LogP contribution in [0.1, 0.15) is 54.6 Å². The molecule has 3 heterocycles. The molecule has 4 saturated carbocycles. The van der Waals surface area contributed by atoms with E-state index in [2.05, 4.69) is 155 Å². The minimum atomic E-state index is 0.142. The van der Waals surface area contributed by atoms with Crippen molar-refractivity contribution < 1.29 is 0 Å². The van der Waals surface area contributed by atoms with Gasteiger partial charge in [0.1, 0.15) is 0 Å². The number of hydrogen-bond acceptors (Lipinski definition) is 2. The number of fused-ring (bicyclic) bond motifs is 10. The Bertz CT molecular complexity index is 3460. The van der Waals surface area contributed by atoms with E-state index < -0.39 is 0 Å². The molecule has 10 aromatic rings. The summed E-state index contributed by atoms with van der Waals surface area (Å²) >= 11 is 0. The smallest absolute Gasteiger partial charge is 0.0911 e. The van der Waals surface area contributed by atoms with Gasteiger partial charge < -0.3 is 9.13 Å². The Morgan fingerprint density at radius 2 is 0.950 bits per heavy atom. The standard InChI is InChI=1S/C56H44N4/c1-32-33(2)58-51-31-41(18-20-50(51)57-32)60-53-14-8-5-11-45(53)47-29-37(16-22-55(47)60)36-15-21-54-46(28-36)44-10-4-7-13-52(44)59(54)40-17-19-43-42-9-3-6-12-48(42)56(49(43)30-40)38-24-34-23-35(26-38)27-39(56)25-34/h3-22,28-31,34-35,38-39H,23-27H2,1-2H3. The number of nitrogens with zero attached hydrogens (tertiary/aromatic N) is 4. The monoisotopic (exact) mass is 772 g/mol. The highest BCUT2D eigenvalue weighted by molar-refractivity contribution is 6.13. The number of para-hydroxylation sites is 2. The Hall–Kier alpha value is -6.52. The molecule has 15 rings (SSSR count). The molecule has 4 fully saturated rings. The van der Waals surface area contributed by atoms with E-state index in [0.717, 1.165) is 51.8 Å². The highest BCUT2D eigenvalue weighted by atomic mass is 15.0. The summed E-state index contributed by atoms with van der Waals surface area (Å²) in [4.78, 5) is 9.72. The molecule has 1 spiro atoms. The fraction of sp³-hybridized carbons (Fsp3) is 0.214. The Morgan fingerprint density at radius 3 is 1.60 bits per heavy atom. The summed E-state index contributed by atoms with van der Waals surface area (Å²) in [5.74, 6) is 3.34. The first-order valence-electron chi connectivity index (χ1n) is 22.1. The van der Waals surface area contributed by atoms with Gasteiger partial charge in [0, 0.05) is 38.3 Å². The number of aromatic nitrogens is 4. The minimum Gasteiger partial charge on any atom is -0.309 e. The summed E-state index contributed by atoms with van der Waals surface area (Å²) in [5.41, 5.74) is 19.8. The van der Waals surface area contributed by atoms with Crippen molar-refractivity contribution >= 4 is 54.6 Å². The third kappa shape index (κ3) is 4.31. The molecule has 0 atom stereocenters. The predicted molar refractivity (Wildman–Crippen MR) is 246 cm³/mol. The topological polar surface area (TPSA) is 35.6 Å². The van der Waals surface area contributed by atoms with Crippen LogP contribution < -0.4 is 0 Å². The second-order valence-electron chi connectivity index (χ2n) is 18.7. The summed E-state index contributed by atoms with van der Waals surface area (Å²) < 4.78 is 4.93. The van der Waals surface area contributed by atoms with Gasteiger partial charge >= 0.3 is 0 Å². The predicted octanol–water partition coefficient (Wildman–Crippen LogP) is 13.8. The van der Waals surface area contributed by atoms with Crippen LogP contribution in [0.2, 0.25) is 0 Å². The number of benzene rings is 7. The van der Waals surface area contributed by atoms with Gasteiger partial charge in [0.05, 0.1) is 44.5 Å². The van der Waals surface area contributed by atoms with Crippen LogP contribution in [0.4, 0.5) is 0 Å². The van der Waals surface area contributed by atoms with Gasteiger partial charge in [-0.15, -0.1) is 0 Å². The molecule has 0 N–H and O–H groups in total. The average molecular weight is 773 g/mol. The average Bonchev–Trinajstić information content (AvgIpc) is 3.89. The summed E-state index contributed by atoms with van der Waals surface area (Å²) in [6, 6.07) is 55.4. The first kappa shape index (κ1) is 33.3. The van der Waals surface area contributed by atoms with Crippen LogP contribution in [0.3, 0.4) is 0 Å². The van der Waals surface area contributed by atoms with E-state index in [1.165, 1.54) is 104 Å². The summed E-state index contributed by atoms with van der Waals surface area (Å²) in [7, 11) is 0. The third-order valence-corrected chi connectivity index (χ3v) is 15.8. The zero-order valence-corrected chi connectivity index (χ0v) is 34.0. The van der Waals surface area contributed by atoms with E-state index in [1.54, 1.807) is 11.1 Å². The van der Waals surface area contributed by atoms with Crippen molar-refractivity contribution in [3.8, 4) is 33.6 Å².